The van der Waals surface area contributed by atoms with Crippen LogP contribution < -0.4 is 10.6 Å². The molecule has 0 radical (unpaired) electrons. The minimum Gasteiger partial charge on any atom is -0.383 e. The monoisotopic (exact) mass is 467 g/mol. The molecule has 1 aliphatic carbocycles. The number of benzene rings is 2. The lowest BCUT2D eigenvalue weighted by Gasteiger charge is -2.48. The van der Waals surface area contributed by atoms with Gasteiger partial charge >= 0.3 is 0 Å². The number of fused-ring (bicyclic) bond motifs is 3. The number of hydrazine groups is 1. The van der Waals surface area contributed by atoms with Gasteiger partial charge in [-0.15, -0.1) is 0 Å². The van der Waals surface area contributed by atoms with Gasteiger partial charge in [-0.1, -0.05) is 62.4 Å². The van der Waals surface area contributed by atoms with E-state index in [1.165, 1.54) is 0 Å². The summed E-state index contributed by atoms with van der Waals surface area (Å²) in [6, 6.07) is 19.4. The second kappa shape index (κ2) is 7.82. The van der Waals surface area contributed by atoms with Crippen molar-refractivity contribution in [2.75, 3.05) is 19.0 Å². The van der Waals surface area contributed by atoms with Crippen molar-refractivity contribution < 1.29 is 9.59 Å². The van der Waals surface area contributed by atoms with Crippen molar-refractivity contribution in [1.82, 2.24) is 10.0 Å². The molecule has 35 heavy (non-hydrogen) atoms. The number of hydrogen-bond acceptors (Lipinski definition) is 6. The number of hydrogen-bond donors (Lipinski definition) is 1. The summed E-state index contributed by atoms with van der Waals surface area (Å²) in [6.07, 6.45) is 0.850. The van der Waals surface area contributed by atoms with E-state index in [9.17, 15) is 14.9 Å². The number of Topliss-reactive ketones (excluding diaryl/α,β-unsaturated/α-hetero) is 1. The summed E-state index contributed by atoms with van der Waals surface area (Å²) in [5.74, 6) is -0.236. The molecule has 0 bridgehead atoms. The van der Waals surface area contributed by atoms with E-state index in [0.717, 1.165) is 5.56 Å². The Balaban J connectivity index is 1.83. The molecule has 3 aliphatic rings. The number of carbonyl (C=O) groups is 2. The first-order chi connectivity index (χ1) is 16.6. The second-order valence-electron chi connectivity index (χ2n) is 10.4. The number of ketones is 1. The fraction of sp³-hybridized carbons (Fsp3) is 0.321. The highest BCUT2D eigenvalue weighted by Gasteiger charge is 2.63. The van der Waals surface area contributed by atoms with Crippen LogP contribution in [0.4, 0.5) is 5.69 Å². The first-order valence-electron chi connectivity index (χ1n) is 11.7. The lowest BCUT2D eigenvalue weighted by Crippen LogP contribution is -2.55. The fourth-order valence-electron chi connectivity index (χ4n) is 5.92. The molecule has 0 saturated carbocycles. The van der Waals surface area contributed by atoms with Crippen molar-refractivity contribution in [2.24, 2.45) is 11.1 Å². The molecule has 1 spiro atoms. The zero-order valence-electron chi connectivity index (χ0n) is 20.5. The number of rotatable bonds is 3. The van der Waals surface area contributed by atoms with Gasteiger partial charge < -0.3 is 10.6 Å². The van der Waals surface area contributed by atoms with E-state index in [2.05, 4.69) is 6.07 Å². The molecular formula is C28H29N5O2. The van der Waals surface area contributed by atoms with Gasteiger partial charge in [0.1, 0.15) is 17.3 Å². The van der Waals surface area contributed by atoms with E-state index in [0.29, 0.717) is 41.9 Å². The molecule has 0 saturated heterocycles. The maximum atomic E-state index is 14.6. The number of nitriles is 1. The highest BCUT2D eigenvalue weighted by Crippen LogP contribution is 2.58. The molecule has 2 aromatic rings. The molecule has 7 nitrogen and oxygen atoms in total. The van der Waals surface area contributed by atoms with Crippen molar-refractivity contribution in [3.63, 3.8) is 0 Å². The molecule has 2 heterocycles. The van der Waals surface area contributed by atoms with Crippen LogP contribution in [0, 0.1) is 16.7 Å². The van der Waals surface area contributed by atoms with Crippen molar-refractivity contribution in [3.8, 4) is 6.07 Å². The third kappa shape index (κ3) is 3.14. The van der Waals surface area contributed by atoms with Crippen LogP contribution in [0.2, 0.25) is 0 Å². The van der Waals surface area contributed by atoms with E-state index in [4.69, 9.17) is 5.73 Å². The number of anilines is 1. The lowest BCUT2D eigenvalue weighted by atomic mass is 9.61. The first-order valence-corrected chi connectivity index (χ1v) is 11.7. The molecule has 0 aromatic heterocycles. The Kier molecular flexibility index (Phi) is 5.11. The standard InChI is InChI=1S/C28H29N5O2/c1-27(2)14-22-24(23(34)15-27)28(20(16-29)25(30)33(22)31(3)4)19-12-8-9-13-21(19)32(26(28)35)17-18-10-6-5-7-11-18/h5-13H,14-15,17,30H2,1-4H3/t28-/m1/s1. The maximum absolute atomic E-state index is 14.6. The average Bonchev–Trinajstić information content (AvgIpc) is 3.02. The van der Waals surface area contributed by atoms with Gasteiger partial charge in [-0.25, -0.2) is 5.01 Å². The number of para-hydroxylation sites is 1. The van der Waals surface area contributed by atoms with Gasteiger partial charge in [0.15, 0.2) is 5.78 Å². The van der Waals surface area contributed by atoms with Gasteiger partial charge in [0.2, 0.25) is 5.91 Å². The number of allylic oxidation sites excluding steroid dienone is 1. The summed E-state index contributed by atoms with van der Waals surface area (Å²) >= 11 is 0. The zero-order valence-corrected chi connectivity index (χ0v) is 20.5. The molecule has 2 aliphatic heterocycles. The SMILES string of the molecule is CN(C)N1C(N)=C(C#N)[C@@]2(C(=O)N(Cc3ccccc3)c3ccccc32)C2=C1CC(C)(C)CC2=O. The van der Waals surface area contributed by atoms with Gasteiger partial charge in [-0.05, 0) is 23.5 Å². The van der Waals surface area contributed by atoms with Gasteiger partial charge in [-0.2, -0.15) is 5.26 Å². The number of carbonyl (C=O) groups excluding carboxylic acids is 2. The predicted octanol–water partition coefficient (Wildman–Crippen LogP) is 3.60. The van der Waals surface area contributed by atoms with Gasteiger partial charge in [0.05, 0.1) is 12.1 Å². The van der Waals surface area contributed by atoms with Crippen LogP contribution in [0.5, 0.6) is 0 Å². The highest BCUT2D eigenvalue weighted by molar-refractivity contribution is 6.20. The molecular weight excluding hydrogens is 438 g/mol. The summed E-state index contributed by atoms with van der Waals surface area (Å²) in [5, 5.41) is 14.0. The molecule has 0 unspecified atom stereocenters. The van der Waals surface area contributed by atoms with Crippen molar-refractivity contribution in [3.05, 3.63) is 88.4 Å². The summed E-state index contributed by atoms with van der Waals surface area (Å²) in [4.78, 5) is 30.2. The molecule has 0 fully saturated rings. The molecule has 2 N–H and O–H groups in total. The normalized spacial score (nSPS) is 23.2. The largest absolute Gasteiger partial charge is 0.383 e. The lowest BCUT2D eigenvalue weighted by molar-refractivity contribution is -0.126. The van der Waals surface area contributed by atoms with E-state index in [-0.39, 0.29) is 28.5 Å². The van der Waals surface area contributed by atoms with Crippen molar-refractivity contribution >= 4 is 17.4 Å². The molecule has 7 heteroatoms. The van der Waals surface area contributed by atoms with Gasteiger partial charge in [-0.3, -0.25) is 14.6 Å². The number of amides is 1. The topological polar surface area (TPSA) is 93.7 Å². The second-order valence-corrected chi connectivity index (χ2v) is 10.4. The summed E-state index contributed by atoms with van der Waals surface area (Å²) < 4.78 is 0. The van der Waals surface area contributed by atoms with Crippen LogP contribution in [-0.4, -0.2) is 35.8 Å². The third-order valence-electron chi connectivity index (χ3n) is 7.20. The first kappa shape index (κ1) is 22.9. The Bertz CT molecular complexity index is 1350. The van der Waals surface area contributed by atoms with Crippen LogP contribution in [0.1, 0.15) is 37.8 Å². The molecule has 178 valence electrons. The van der Waals surface area contributed by atoms with Crippen molar-refractivity contribution in [2.45, 2.75) is 38.6 Å². The van der Waals surface area contributed by atoms with Crippen molar-refractivity contribution in [1.29, 1.82) is 5.26 Å². The molecule has 2 aromatic carbocycles. The van der Waals surface area contributed by atoms with E-state index in [1.54, 1.807) is 14.9 Å². The highest BCUT2D eigenvalue weighted by atomic mass is 16.2. The Hall–Kier alpha value is -3.89. The van der Waals surface area contributed by atoms with Crippen LogP contribution in [0.25, 0.3) is 0 Å². The zero-order chi connectivity index (χ0) is 25.1. The van der Waals surface area contributed by atoms with Crippen LogP contribution >= 0.6 is 0 Å². The summed E-state index contributed by atoms with van der Waals surface area (Å²) in [6.45, 7) is 4.42. The van der Waals surface area contributed by atoms with Gasteiger partial charge in [0, 0.05) is 43.0 Å². The van der Waals surface area contributed by atoms with E-state index in [1.807, 2.05) is 82.5 Å². The van der Waals surface area contributed by atoms with Crippen LogP contribution in [-0.2, 0) is 21.5 Å². The smallest absolute Gasteiger partial charge is 0.248 e. The van der Waals surface area contributed by atoms with E-state index < -0.39 is 5.41 Å². The Morgan fingerprint density at radius 1 is 1.03 bits per heavy atom. The number of nitrogens with zero attached hydrogens (tertiary/aromatic N) is 4. The Labute approximate surface area is 205 Å². The average molecular weight is 468 g/mol. The Morgan fingerprint density at radius 2 is 1.69 bits per heavy atom. The molecule has 5 rings (SSSR count). The van der Waals surface area contributed by atoms with Crippen LogP contribution in [0.3, 0.4) is 0 Å². The quantitative estimate of drug-likeness (QED) is 0.741. The maximum Gasteiger partial charge on any atom is 0.248 e. The molecule has 1 amide bonds. The fourth-order valence-corrected chi connectivity index (χ4v) is 5.92. The summed E-state index contributed by atoms with van der Waals surface area (Å²) in [5.41, 5.74) is 8.28. The number of nitrogens with two attached hydrogens (primary N) is 1. The van der Waals surface area contributed by atoms with Gasteiger partial charge in [0.25, 0.3) is 0 Å². The van der Waals surface area contributed by atoms with E-state index >= 15 is 0 Å². The Morgan fingerprint density at radius 3 is 2.34 bits per heavy atom. The summed E-state index contributed by atoms with van der Waals surface area (Å²) in [7, 11) is 3.64. The van der Waals surface area contributed by atoms with Crippen LogP contribution in [0.15, 0.2) is 77.3 Å². The minimum absolute atomic E-state index is 0.103. The third-order valence-corrected chi connectivity index (χ3v) is 7.20. The predicted molar refractivity (Wildman–Crippen MR) is 133 cm³/mol. The minimum atomic E-state index is -1.56. The molecule has 1 atom stereocenters.